The van der Waals surface area contributed by atoms with Gasteiger partial charge in [-0.25, -0.2) is 4.18 Å². The van der Waals surface area contributed by atoms with Gasteiger partial charge in [0.25, 0.3) is 0 Å². The zero-order valence-electron chi connectivity index (χ0n) is 32.5. The van der Waals surface area contributed by atoms with Crippen molar-refractivity contribution in [2.24, 2.45) is 0 Å². The van der Waals surface area contributed by atoms with Crippen LogP contribution in [0.25, 0.3) is 0 Å². The van der Waals surface area contributed by atoms with Crippen molar-refractivity contribution in [2.75, 3.05) is 130 Å². The predicted molar refractivity (Wildman–Crippen MR) is 207 cm³/mol. The van der Waals surface area contributed by atoms with Crippen LogP contribution < -0.4 is 0 Å². The van der Waals surface area contributed by atoms with Crippen LogP contribution in [0.4, 0.5) is 0 Å². The molecule has 0 saturated heterocycles. The molecule has 0 amide bonds. The second-order valence-corrected chi connectivity index (χ2v) is 16.1. The summed E-state index contributed by atoms with van der Waals surface area (Å²) in [5, 5.41) is 0. The normalized spacial score (nSPS) is 12.6. The summed E-state index contributed by atoms with van der Waals surface area (Å²) in [7, 11) is -3.96. The van der Waals surface area contributed by atoms with Gasteiger partial charge in [0.05, 0.1) is 119 Å². The molecule has 0 aliphatic heterocycles. The lowest BCUT2D eigenvalue weighted by Gasteiger charge is -2.09. The first kappa shape index (κ1) is 50.9. The Labute approximate surface area is 315 Å². The molecule has 0 fully saturated rings. The highest BCUT2D eigenvalue weighted by atomic mass is 32.3. The van der Waals surface area contributed by atoms with Gasteiger partial charge in [0.2, 0.25) is 0 Å². The highest BCUT2D eigenvalue weighted by Gasteiger charge is 2.10. The van der Waals surface area contributed by atoms with Crippen molar-refractivity contribution >= 4 is 21.3 Å². The number of hydrogen-bond acceptors (Lipinski definition) is 11. The summed E-state index contributed by atoms with van der Waals surface area (Å²) >= 11 is 0. The van der Waals surface area contributed by atoms with Crippen LogP contribution in [0.15, 0.2) is 0 Å². The molecule has 0 aromatic carbocycles. The maximum Gasteiger partial charge on any atom is 0.397 e. The van der Waals surface area contributed by atoms with Crippen LogP contribution in [-0.2, 0) is 63.4 Å². The lowest BCUT2D eigenvalue weighted by Crippen LogP contribution is -2.17. The monoisotopic (exact) mass is 777 g/mol. The van der Waals surface area contributed by atoms with Crippen LogP contribution in [0, 0.1) is 0 Å². The Hall–Kier alpha value is -0.100. The lowest BCUT2D eigenvalue weighted by atomic mass is 10.0. The molecule has 0 rings (SSSR count). The third kappa shape index (κ3) is 47.9. The quantitative estimate of drug-likeness (QED) is 0.0414. The van der Waals surface area contributed by atoms with Crippen molar-refractivity contribution in [1.29, 1.82) is 0 Å². The Kier molecular flexibility index (Phi) is 42.6. The van der Waals surface area contributed by atoms with E-state index in [1.165, 1.54) is 108 Å². The molecule has 0 aliphatic carbocycles. The topological polar surface area (TPSA) is 137 Å². The smallest absolute Gasteiger partial charge is 0.377 e. The van der Waals surface area contributed by atoms with E-state index in [0.29, 0.717) is 96.8 Å². The number of rotatable bonds is 45. The van der Waals surface area contributed by atoms with Gasteiger partial charge in [-0.1, -0.05) is 96.8 Å². The molecule has 0 aromatic rings. The average molecular weight is 778 g/mol. The lowest BCUT2D eigenvalue weighted by molar-refractivity contribution is -0.0233. The van der Waals surface area contributed by atoms with Crippen LogP contribution in [0.1, 0.15) is 110 Å². The van der Waals surface area contributed by atoms with Crippen LogP contribution in [0.3, 0.4) is 0 Å². The molecule has 308 valence electrons. The van der Waals surface area contributed by atoms with E-state index in [-0.39, 0.29) is 19.8 Å². The Bertz CT molecular complexity index is 764. The van der Waals surface area contributed by atoms with Crippen LogP contribution in [-0.4, -0.2) is 143 Å². The number of unbranched alkanes of at least 4 members (excludes halogenated alkanes) is 15. The fraction of sp³-hybridized carbons (Fsp3) is 1.00. The van der Waals surface area contributed by atoms with Crippen molar-refractivity contribution in [3.05, 3.63) is 0 Å². The minimum absolute atomic E-state index is 0.0400. The van der Waals surface area contributed by atoms with Gasteiger partial charge in [-0.3, -0.25) is 4.55 Å². The third-order valence-corrected chi connectivity index (χ3v) is 10.3. The average Bonchev–Trinajstić information content (AvgIpc) is 3.10. The molecule has 0 saturated carbocycles. The summed E-state index contributed by atoms with van der Waals surface area (Å²) in [6.45, 7) is 9.63. The van der Waals surface area contributed by atoms with E-state index in [0.717, 1.165) is 12.4 Å². The largest absolute Gasteiger partial charge is 0.397 e. The van der Waals surface area contributed by atoms with E-state index >= 15 is 0 Å². The molecule has 0 heterocycles. The second kappa shape index (κ2) is 42.6. The van der Waals surface area contributed by atoms with E-state index < -0.39 is 10.4 Å². The first-order valence-electron chi connectivity index (χ1n) is 19.8. The van der Waals surface area contributed by atoms with Crippen molar-refractivity contribution in [3.63, 3.8) is 0 Å². The molecule has 0 radical (unpaired) electrons. The van der Waals surface area contributed by atoms with Gasteiger partial charge in [0, 0.05) is 0 Å². The molecule has 0 spiro atoms. The van der Waals surface area contributed by atoms with Gasteiger partial charge >= 0.3 is 10.4 Å². The zero-order chi connectivity index (χ0) is 37.2. The van der Waals surface area contributed by atoms with E-state index in [1.807, 2.05) is 0 Å². The van der Waals surface area contributed by atoms with Crippen LogP contribution in [0.2, 0.25) is 0 Å². The molecule has 0 aromatic heterocycles. The number of hydrogen-bond donors (Lipinski definition) is 1. The zero-order valence-corrected chi connectivity index (χ0v) is 34.1. The molecule has 14 heteroatoms. The van der Waals surface area contributed by atoms with Gasteiger partial charge < -0.3 is 37.9 Å². The van der Waals surface area contributed by atoms with Crippen molar-refractivity contribution < 1.29 is 55.0 Å². The molecule has 1 N–H and O–H groups in total. The van der Waals surface area contributed by atoms with Crippen molar-refractivity contribution in [1.82, 2.24) is 0 Å². The fourth-order valence-electron chi connectivity index (χ4n) is 5.04. The van der Waals surface area contributed by atoms with Gasteiger partial charge in [0.15, 0.2) is 0 Å². The predicted octanol–water partition coefficient (Wildman–Crippen LogP) is 6.45. The summed E-state index contributed by atoms with van der Waals surface area (Å²) in [5.41, 5.74) is 0. The maximum atomic E-state index is 10.4. The highest BCUT2D eigenvalue weighted by Crippen LogP contribution is 2.14. The molecule has 12 nitrogen and oxygen atoms in total. The number of ether oxygens (including phenoxy) is 8. The summed E-state index contributed by atoms with van der Waals surface area (Å²) in [6.07, 6.45) is 25.1. The van der Waals surface area contributed by atoms with Crippen LogP contribution >= 0.6 is 0 Å². The van der Waals surface area contributed by atoms with Gasteiger partial charge in [0.1, 0.15) is 11.5 Å². The molecular weight excluding hydrogens is 701 g/mol. The third-order valence-electron chi connectivity index (χ3n) is 7.99. The van der Waals surface area contributed by atoms with Gasteiger partial charge in [-0.2, -0.15) is 8.42 Å². The van der Waals surface area contributed by atoms with E-state index in [4.69, 9.17) is 42.4 Å². The summed E-state index contributed by atoms with van der Waals surface area (Å²) in [6, 6.07) is 0. The van der Waals surface area contributed by atoms with E-state index in [1.54, 1.807) is 0 Å². The van der Waals surface area contributed by atoms with Crippen molar-refractivity contribution in [3.8, 4) is 0 Å². The fourth-order valence-corrected chi connectivity index (χ4v) is 6.62. The highest BCUT2D eigenvalue weighted by molar-refractivity contribution is 7.96. The first-order chi connectivity index (χ1) is 25.0. The van der Waals surface area contributed by atoms with E-state index in [2.05, 4.69) is 17.4 Å². The molecule has 1 unspecified atom stereocenters. The molecule has 0 aliphatic rings. The van der Waals surface area contributed by atoms with Gasteiger partial charge in [-0.05, 0) is 23.7 Å². The minimum atomic E-state index is -4.42. The first-order valence-corrected chi connectivity index (χ1v) is 23.1. The van der Waals surface area contributed by atoms with Crippen LogP contribution in [0.5, 0.6) is 0 Å². The summed E-state index contributed by atoms with van der Waals surface area (Å²) in [4.78, 5) is 0. The summed E-state index contributed by atoms with van der Waals surface area (Å²) in [5.74, 6) is 2.49. The SMILES string of the molecule is CCCCCCCCCCCCCCCCCC[S+](C)CCOCCOCCOCCOCCOCCOCCOCCOCCOS(=O)(=O)O. The maximum absolute atomic E-state index is 10.4. The van der Waals surface area contributed by atoms with Crippen molar-refractivity contribution in [2.45, 2.75) is 110 Å². The molecule has 0 bridgehead atoms. The van der Waals surface area contributed by atoms with Gasteiger partial charge in [-0.15, -0.1) is 0 Å². The molecule has 51 heavy (non-hydrogen) atoms. The minimum Gasteiger partial charge on any atom is -0.377 e. The molecular formula is C37H77O12S2+. The second-order valence-electron chi connectivity index (χ2n) is 12.6. The standard InChI is InChI=1S/C37H76O12S2/c1-3-4-5-6-7-8-9-10-11-12-13-14-15-16-17-18-36-50(2)37-35-48-32-31-46-28-27-44-24-23-42-20-19-41-21-22-43-25-26-45-29-30-47-33-34-49-51(38,39)40/h3-37H2,1-2H3/p+1. The Morgan fingerprint density at radius 1 is 0.373 bits per heavy atom. The molecule has 1 atom stereocenters. The summed E-state index contributed by atoms with van der Waals surface area (Å²) < 4.78 is 76.9. The Morgan fingerprint density at radius 3 is 0.922 bits per heavy atom. The van der Waals surface area contributed by atoms with E-state index in [9.17, 15) is 8.42 Å². The Morgan fingerprint density at radius 2 is 0.627 bits per heavy atom. The Balaban J connectivity index is 3.15.